The van der Waals surface area contributed by atoms with Gasteiger partial charge in [0, 0.05) is 12.6 Å². The molecule has 0 saturated carbocycles. The molecule has 0 radical (unpaired) electrons. The van der Waals surface area contributed by atoms with Gasteiger partial charge in [-0.1, -0.05) is 12.1 Å². The molecular formula is C10H17N3O2. The lowest BCUT2D eigenvalue weighted by Crippen LogP contribution is -2.32. The molecule has 0 bridgehead atoms. The van der Waals surface area contributed by atoms with E-state index in [1.54, 1.807) is 13.0 Å². The summed E-state index contributed by atoms with van der Waals surface area (Å²) in [5, 5.41) is 9.48. The third-order valence-electron chi connectivity index (χ3n) is 2.02. The summed E-state index contributed by atoms with van der Waals surface area (Å²) < 4.78 is 4.82. The molecule has 1 aromatic heterocycles. The van der Waals surface area contributed by atoms with E-state index in [0.717, 1.165) is 6.54 Å². The Bertz CT molecular complexity index is 322. The van der Waals surface area contributed by atoms with Crippen molar-refractivity contribution >= 4 is 5.91 Å². The number of nitrogens with one attached hydrogen (secondary N) is 2. The highest BCUT2D eigenvalue weighted by atomic mass is 16.5. The van der Waals surface area contributed by atoms with E-state index in [0.29, 0.717) is 23.9 Å². The van der Waals surface area contributed by atoms with Crippen LogP contribution in [0, 0.1) is 12.8 Å². The Labute approximate surface area is 89.2 Å². The van der Waals surface area contributed by atoms with Crippen LogP contribution in [-0.4, -0.2) is 31.2 Å². The number of aromatic nitrogens is 1. The second-order valence-corrected chi connectivity index (χ2v) is 3.70. The van der Waals surface area contributed by atoms with Gasteiger partial charge in [-0.2, -0.15) is 0 Å². The summed E-state index contributed by atoms with van der Waals surface area (Å²) in [6, 6.07) is 1.62. The number of hydrogen-bond acceptors (Lipinski definition) is 4. The van der Waals surface area contributed by atoms with Crippen LogP contribution in [0.1, 0.15) is 23.2 Å². The molecule has 2 N–H and O–H groups in total. The minimum absolute atomic E-state index is 0.185. The van der Waals surface area contributed by atoms with Crippen molar-refractivity contribution in [3.05, 3.63) is 17.5 Å². The summed E-state index contributed by atoms with van der Waals surface area (Å²) in [5.41, 5.74) is 0.337. The fraction of sp³-hybridized carbons (Fsp3) is 0.600. The van der Waals surface area contributed by atoms with Gasteiger partial charge in [-0.25, -0.2) is 0 Å². The van der Waals surface area contributed by atoms with Gasteiger partial charge in [0.25, 0.3) is 5.91 Å². The summed E-state index contributed by atoms with van der Waals surface area (Å²) in [6.45, 7) is 5.32. The highest BCUT2D eigenvalue weighted by Crippen LogP contribution is 2.01. The van der Waals surface area contributed by atoms with E-state index >= 15 is 0 Å². The Hall–Kier alpha value is -1.36. The van der Waals surface area contributed by atoms with E-state index in [-0.39, 0.29) is 5.91 Å². The van der Waals surface area contributed by atoms with Crippen LogP contribution in [0.25, 0.3) is 0 Å². The normalized spacial score (nSPS) is 12.5. The van der Waals surface area contributed by atoms with Crippen LogP contribution >= 0.6 is 0 Å². The highest BCUT2D eigenvalue weighted by molar-refractivity contribution is 5.92. The van der Waals surface area contributed by atoms with Gasteiger partial charge >= 0.3 is 0 Å². The van der Waals surface area contributed by atoms with Crippen LogP contribution in [0.5, 0.6) is 0 Å². The fourth-order valence-electron chi connectivity index (χ4n) is 1.25. The van der Waals surface area contributed by atoms with E-state index in [1.807, 2.05) is 7.05 Å². The Balaban J connectivity index is 2.36. The molecule has 1 aromatic rings. The summed E-state index contributed by atoms with van der Waals surface area (Å²) in [5.74, 6) is 0.852. The van der Waals surface area contributed by atoms with Crippen LogP contribution in [-0.2, 0) is 0 Å². The zero-order valence-corrected chi connectivity index (χ0v) is 9.33. The molecule has 1 rings (SSSR count). The molecule has 1 heterocycles. The van der Waals surface area contributed by atoms with Crippen LogP contribution < -0.4 is 10.6 Å². The van der Waals surface area contributed by atoms with Crippen molar-refractivity contribution in [3.63, 3.8) is 0 Å². The molecular weight excluding hydrogens is 194 g/mol. The van der Waals surface area contributed by atoms with E-state index in [4.69, 9.17) is 4.52 Å². The first-order valence-electron chi connectivity index (χ1n) is 4.99. The zero-order chi connectivity index (χ0) is 11.3. The third kappa shape index (κ3) is 3.71. The van der Waals surface area contributed by atoms with E-state index in [2.05, 4.69) is 22.7 Å². The monoisotopic (exact) mass is 211 g/mol. The molecule has 1 unspecified atom stereocenters. The molecule has 1 atom stereocenters. The lowest BCUT2D eigenvalue weighted by Gasteiger charge is -2.10. The maximum absolute atomic E-state index is 11.5. The maximum atomic E-state index is 11.5. The lowest BCUT2D eigenvalue weighted by atomic mass is 10.2. The molecule has 0 spiro atoms. The standard InChI is InChI=1S/C10H17N3O2/c1-7(5-11-3)6-12-10(14)9-4-8(2)15-13-9/h4,7,11H,5-6H2,1-3H3,(H,12,14). The first kappa shape index (κ1) is 11.7. The van der Waals surface area contributed by atoms with Crippen molar-refractivity contribution in [3.8, 4) is 0 Å². The predicted octanol–water partition coefficient (Wildman–Crippen LogP) is 0.568. The maximum Gasteiger partial charge on any atom is 0.273 e. The topological polar surface area (TPSA) is 67.2 Å². The molecule has 0 aliphatic rings. The number of aryl methyl sites for hydroxylation is 1. The summed E-state index contributed by atoms with van der Waals surface area (Å²) in [6.07, 6.45) is 0. The fourth-order valence-corrected chi connectivity index (χ4v) is 1.25. The zero-order valence-electron chi connectivity index (χ0n) is 9.33. The van der Waals surface area contributed by atoms with Crippen molar-refractivity contribution in [2.45, 2.75) is 13.8 Å². The predicted molar refractivity (Wildman–Crippen MR) is 56.7 cm³/mol. The molecule has 0 aliphatic carbocycles. The van der Waals surface area contributed by atoms with Crippen molar-refractivity contribution in [1.82, 2.24) is 15.8 Å². The largest absolute Gasteiger partial charge is 0.361 e. The van der Waals surface area contributed by atoms with E-state index in [1.165, 1.54) is 0 Å². The highest BCUT2D eigenvalue weighted by Gasteiger charge is 2.11. The Morgan fingerprint density at radius 1 is 1.60 bits per heavy atom. The Morgan fingerprint density at radius 3 is 2.87 bits per heavy atom. The average Bonchev–Trinajstić information content (AvgIpc) is 2.62. The van der Waals surface area contributed by atoms with Gasteiger partial charge in [0.2, 0.25) is 0 Å². The molecule has 84 valence electrons. The van der Waals surface area contributed by atoms with Gasteiger partial charge in [-0.05, 0) is 26.4 Å². The van der Waals surface area contributed by atoms with Crippen LogP contribution in [0.2, 0.25) is 0 Å². The number of hydrogen-bond donors (Lipinski definition) is 2. The Kier molecular flexibility index (Phi) is 4.30. The molecule has 0 fully saturated rings. The van der Waals surface area contributed by atoms with E-state index in [9.17, 15) is 4.79 Å². The minimum Gasteiger partial charge on any atom is -0.361 e. The summed E-state index contributed by atoms with van der Waals surface area (Å²) >= 11 is 0. The van der Waals surface area contributed by atoms with Gasteiger partial charge in [0.1, 0.15) is 5.76 Å². The summed E-state index contributed by atoms with van der Waals surface area (Å²) in [7, 11) is 1.89. The van der Waals surface area contributed by atoms with Gasteiger partial charge in [0.15, 0.2) is 5.69 Å². The van der Waals surface area contributed by atoms with Crippen molar-refractivity contribution in [2.75, 3.05) is 20.1 Å². The molecule has 0 aliphatic heterocycles. The van der Waals surface area contributed by atoms with Crippen molar-refractivity contribution in [1.29, 1.82) is 0 Å². The second kappa shape index (κ2) is 5.50. The van der Waals surface area contributed by atoms with Crippen LogP contribution in [0.3, 0.4) is 0 Å². The minimum atomic E-state index is -0.185. The molecule has 15 heavy (non-hydrogen) atoms. The molecule has 5 heteroatoms. The summed E-state index contributed by atoms with van der Waals surface area (Å²) in [4.78, 5) is 11.5. The number of carbonyl (C=O) groups is 1. The van der Waals surface area contributed by atoms with Gasteiger partial charge in [-0.3, -0.25) is 4.79 Å². The smallest absolute Gasteiger partial charge is 0.273 e. The number of amides is 1. The lowest BCUT2D eigenvalue weighted by molar-refractivity contribution is 0.0939. The number of nitrogens with zero attached hydrogens (tertiary/aromatic N) is 1. The first-order chi connectivity index (χ1) is 7.13. The van der Waals surface area contributed by atoms with Crippen LogP contribution in [0.15, 0.2) is 10.6 Å². The van der Waals surface area contributed by atoms with E-state index < -0.39 is 0 Å². The first-order valence-corrected chi connectivity index (χ1v) is 4.99. The number of carbonyl (C=O) groups excluding carboxylic acids is 1. The molecule has 5 nitrogen and oxygen atoms in total. The molecule has 0 saturated heterocycles. The number of rotatable bonds is 5. The molecule has 0 aromatic carbocycles. The average molecular weight is 211 g/mol. The van der Waals surface area contributed by atoms with Crippen molar-refractivity contribution < 1.29 is 9.32 Å². The molecule has 1 amide bonds. The second-order valence-electron chi connectivity index (χ2n) is 3.70. The quantitative estimate of drug-likeness (QED) is 0.747. The van der Waals surface area contributed by atoms with Gasteiger partial charge in [0.05, 0.1) is 0 Å². The van der Waals surface area contributed by atoms with Gasteiger partial charge < -0.3 is 15.2 Å². The Morgan fingerprint density at radius 2 is 2.33 bits per heavy atom. The third-order valence-corrected chi connectivity index (χ3v) is 2.02. The van der Waals surface area contributed by atoms with Crippen molar-refractivity contribution in [2.24, 2.45) is 5.92 Å². The SMILES string of the molecule is CNCC(C)CNC(=O)c1cc(C)on1. The van der Waals surface area contributed by atoms with Crippen LogP contribution in [0.4, 0.5) is 0 Å². The van der Waals surface area contributed by atoms with Gasteiger partial charge in [-0.15, -0.1) is 0 Å².